The Hall–Kier alpha value is -3.25. The van der Waals surface area contributed by atoms with Gasteiger partial charge in [0.2, 0.25) is 11.5 Å². The van der Waals surface area contributed by atoms with Crippen molar-refractivity contribution in [1.82, 2.24) is 4.57 Å². The van der Waals surface area contributed by atoms with Crippen LogP contribution in [0.1, 0.15) is 40.7 Å². The van der Waals surface area contributed by atoms with E-state index in [9.17, 15) is 18.8 Å². The van der Waals surface area contributed by atoms with Crippen molar-refractivity contribution in [2.75, 3.05) is 5.32 Å². The van der Waals surface area contributed by atoms with Gasteiger partial charge >= 0.3 is 0 Å². The number of aryl methyl sites for hydroxylation is 1. The van der Waals surface area contributed by atoms with Gasteiger partial charge in [0.05, 0.1) is 0 Å². The Morgan fingerprint density at radius 2 is 1.90 bits per heavy atom. The molecule has 0 spiro atoms. The van der Waals surface area contributed by atoms with Crippen molar-refractivity contribution in [2.24, 2.45) is 7.05 Å². The molecule has 0 saturated carbocycles. The first kappa shape index (κ1) is 21.5. The number of hydrogen-bond donors (Lipinski definition) is 1. The molecule has 1 heterocycles. The monoisotopic (exact) mass is 426 g/mol. The summed E-state index contributed by atoms with van der Waals surface area (Å²) in [4.78, 5) is 36.0. The summed E-state index contributed by atoms with van der Waals surface area (Å²) in [6, 6.07) is 14.1. The number of Topliss-reactive ketones (excluding diaryl/α,β-unsaturated/α-hetero) is 1. The summed E-state index contributed by atoms with van der Waals surface area (Å²) in [6.45, 7) is 1.40. The molecule has 3 rings (SSSR count). The number of anilines is 1. The lowest BCUT2D eigenvalue weighted by Crippen LogP contribution is -2.18. The topological polar surface area (TPSA) is 68.2 Å². The summed E-state index contributed by atoms with van der Waals surface area (Å²) in [5.41, 5.74) is 1.66. The number of halogens is 2. The van der Waals surface area contributed by atoms with E-state index in [0.29, 0.717) is 22.4 Å². The smallest absolute Gasteiger partial charge is 0.250 e. The fourth-order valence-corrected chi connectivity index (χ4v) is 3.45. The molecule has 1 atom stereocenters. The molecule has 0 bridgehead atoms. The zero-order valence-electron chi connectivity index (χ0n) is 16.5. The molecular formula is C23H20ClFN2O3. The van der Waals surface area contributed by atoms with E-state index in [4.69, 9.17) is 11.6 Å². The minimum absolute atomic E-state index is 0.0275. The molecule has 0 aliphatic carbocycles. The quantitative estimate of drug-likeness (QED) is 0.588. The van der Waals surface area contributed by atoms with E-state index in [1.54, 1.807) is 43.4 Å². The van der Waals surface area contributed by atoms with Crippen LogP contribution in [0.2, 0.25) is 5.02 Å². The van der Waals surface area contributed by atoms with Crippen LogP contribution in [0.4, 0.5) is 10.1 Å². The number of hydrogen-bond acceptors (Lipinski definition) is 3. The van der Waals surface area contributed by atoms with E-state index in [-0.39, 0.29) is 28.7 Å². The summed E-state index contributed by atoms with van der Waals surface area (Å²) >= 11 is 5.90. The summed E-state index contributed by atoms with van der Waals surface area (Å²) in [7, 11) is 1.56. The maximum absolute atomic E-state index is 14.8. The minimum Gasteiger partial charge on any atom is -0.326 e. The van der Waals surface area contributed by atoms with Crippen molar-refractivity contribution in [1.29, 1.82) is 0 Å². The van der Waals surface area contributed by atoms with Crippen LogP contribution in [-0.4, -0.2) is 16.3 Å². The van der Waals surface area contributed by atoms with Gasteiger partial charge in [-0.25, -0.2) is 4.39 Å². The Kier molecular flexibility index (Phi) is 6.47. The van der Waals surface area contributed by atoms with Crippen LogP contribution in [0.5, 0.6) is 0 Å². The maximum atomic E-state index is 14.8. The Morgan fingerprint density at radius 1 is 1.13 bits per heavy atom. The number of amides is 1. The Labute approximate surface area is 178 Å². The van der Waals surface area contributed by atoms with E-state index < -0.39 is 11.7 Å². The molecule has 154 valence electrons. The summed E-state index contributed by atoms with van der Waals surface area (Å²) in [5.74, 6) is -1.61. The lowest BCUT2D eigenvalue weighted by atomic mass is 9.85. The van der Waals surface area contributed by atoms with Crippen LogP contribution in [0.3, 0.4) is 0 Å². The number of carbonyl (C=O) groups excluding carboxylic acids is 2. The van der Waals surface area contributed by atoms with Crippen LogP contribution in [0, 0.1) is 5.82 Å². The first-order valence-corrected chi connectivity index (χ1v) is 9.65. The van der Waals surface area contributed by atoms with Gasteiger partial charge in [-0.1, -0.05) is 29.8 Å². The van der Waals surface area contributed by atoms with E-state index in [1.165, 1.54) is 35.9 Å². The molecule has 30 heavy (non-hydrogen) atoms. The summed E-state index contributed by atoms with van der Waals surface area (Å²) in [6.07, 6.45) is 1.44. The average molecular weight is 427 g/mol. The number of pyridine rings is 1. The lowest BCUT2D eigenvalue weighted by molar-refractivity contribution is -0.114. The largest absolute Gasteiger partial charge is 0.326 e. The number of nitrogens with one attached hydrogen (secondary N) is 1. The number of carbonyl (C=O) groups is 2. The van der Waals surface area contributed by atoms with Gasteiger partial charge in [-0.05, 0) is 41.5 Å². The number of nitrogens with zero attached hydrogens (tertiary/aromatic N) is 1. The number of benzene rings is 2. The highest BCUT2D eigenvalue weighted by Crippen LogP contribution is 2.33. The van der Waals surface area contributed by atoms with Crippen LogP contribution >= 0.6 is 11.6 Å². The maximum Gasteiger partial charge on any atom is 0.250 e. The fraction of sp³-hybridized carbons (Fsp3) is 0.174. The summed E-state index contributed by atoms with van der Waals surface area (Å²) < 4.78 is 16.1. The zero-order chi connectivity index (χ0) is 21.8. The van der Waals surface area contributed by atoms with E-state index in [0.717, 1.165) is 0 Å². The fourth-order valence-electron chi connectivity index (χ4n) is 3.29. The first-order valence-electron chi connectivity index (χ1n) is 9.27. The summed E-state index contributed by atoms with van der Waals surface area (Å²) in [5, 5.41) is 2.95. The molecule has 5 nitrogen and oxygen atoms in total. The first-order chi connectivity index (χ1) is 14.2. The van der Waals surface area contributed by atoms with Gasteiger partial charge in [0.15, 0.2) is 5.78 Å². The second kappa shape index (κ2) is 9.05. The van der Waals surface area contributed by atoms with Gasteiger partial charge in [0.25, 0.3) is 0 Å². The number of aromatic nitrogens is 1. The highest BCUT2D eigenvalue weighted by atomic mass is 35.5. The average Bonchev–Trinajstić information content (AvgIpc) is 2.68. The molecule has 0 aliphatic rings. The van der Waals surface area contributed by atoms with Crippen molar-refractivity contribution in [3.63, 3.8) is 0 Å². The van der Waals surface area contributed by atoms with Crippen molar-refractivity contribution in [3.05, 3.63) is 98.7 Å². The van der Waals surface area contributed by atoms with Crippen molar-refractivity contribution >= 4 is 29.0 Å². The molecule has 0 fully saturated rings. The third-order valence-corrected chi connectivity index (χ3v) is 4.98. The molecule has 0 saturated heterocycles. The zero-order valence-corrected chi connectivity index (χ0v) is 17.2. The van der Waals surface area contributed by atoms with E-state index in [1.807, 2.05) is 0 Å². The second-order valence-electron chi connectivity index (χ2n) is 7.02. The van der Waals surface area contributed by atoms with Crippen molar-refractivity contribution < 1.29 is 14.0 Å². The van der Waals surface area contributed by atoms with Crippen molar-refractivity contribution in [2.45, 2.75) is 19.3 Å². The molecule has 1 aromatic heterocycles. The van der Waals surface area contributed by atoms with Crippen LogP contribution in [0.25, 0.3) is 0 Å². The normalized spacial score (nSPS) is 11.7. The van der Waals surface area contributed by atoms with Gasteiger partial charge < -0.3 is 9.88 Å². The predicted molar refractivity (Wildman–Crippen MR) is 115 cm³/mol. The van der Waals surface area contributed by atoms with Gasteiger partial charge in [-0.15, -0.1) is 0 Å². The highest BCUT2D eigenvalue weighted by molar-refractivity contribution is 6.30. The molecule has 7 heteroatoms. The molecule has 1 N–H and O–H groups in total. The molecule has 1 unspecified atom stereocenters. The van der Waals surface area contributed by atoms with E-state index >= 15 is 0 Å². The van der Waals surface area contributed by atoms with Crippen LogP contribution < -0.4 is 10.9 Å². The Bertz CT molecular complexity index is 1170. The standard InChI is InChI=1S/C23H20ClFN2O3/c1-14(28)26-18-5-3-4-15(10-18)20(19-8-7-17(24)11-21(19)25)12-22(29)16-6-9-23(30)27(2)13-16/h3-11,13,20H,12H2,1-2H3,(H,26,28). The van der Waals surface area contributed by atoms with Gasteiger partial charge in [-0.3, -0.25) is 14.4 Å². The SMILES string of the molecule is CC(=O)Nc1cccc(C(CC(=O)c2ccc(=O)n(C)c2)c2ccc(Cl)cc2F)c1. The predicted octanol–water partition coefficient (Wildman–Crippen LogP) is 4.54. The highest BCUT2D eigenvalue weighted by Gasteiger charge is 2.23. The second-order valence-corrected chi connectivity index (χ2v) is 7.46. The van der Waals surface area contributed by atoms with Crippen molar-refractivity contribution in [3.8, 4) is 0 Å². The number of rotatable bonds is 6. The van der Waals surface area contributed by atoms with Crippen LogP contribution in [0.15, 0.2) is 65.6 Å². The molecule has 2 aromatic carbocycles. The minimum atomic E-state index is -0.610. The van der Waals surface area contributed by atoms with Gasteiger partial charge in [-0.2, -0.15) is 0 Å². The Morgan fingerprint density at radius 3 is 2.57 bits per heavy atom. The third-order valence-electron chi connectivity index (χ3n) is 4.74. The molecule has 1 amide bonds. The van der Waals surface area contributed by atoms with Gasteiger partial charge in [0, 0.05) is 54.8 Å². The van der Waals surface area contributed by atoms with E-state index in [2.05, 4.69) is 5.32 Å². The lowest BCUT2D eigenvalue weighted by Gasteiger charge is -2.19. The molecule has 0 radical (unpaired) electrons. The van der Waals surface area contributed by atoms with Crippen LogP contribution in [-0.2, 0) is 11.8 Å². The molecule has 0 aliphatic heterocycles. The Balaban J connectivity index is 2.03. The van der Waals surface area contributed by atoms with Gasteiger partial charge in [0.1, 0.15) is 5.82 Å². The third kappa shape index (κ3) is 5.02. The number of ketones is 1. The molecular weight excluding hydrogens is 407 g/mol. The molecule has 3 aromatic rings.